The standard InChI is InChI=1S/C46H28N8O16/c55-43(49-33-9-1-5-25-7-3-11-47-45(25)33)23-65-27-13-29-17-30(14-27)68-40-22-42(38(54(63)64)20-36(40)52(59)60)70-32-16-28(66-24-44(56)50-34-10-2-6-26-8-4-12-48-46(26)34)15-31(18-32)69-41-21-39(67-29)35(51(57)58)19-37(41)53(61)62/h1-22H,23-24H2,(H,49,55)(H,50,56). The average molecular weight is 949 g/mol. The number of ether oxygens (including phenoxy) is 6. The molecule has 3 heterocycles. The first-order chi connectivity index (χ1) is 33.7. The number of nitro benzene ring substituents is 4. The number of nitrogens with one attached hydrogen (secondary N) is 2. The molecule has 2 aromatic heterocycles. The fraction of sp³-hybridized carbons (Fsp3) is 0.0435. The lowest BCUT2D eigenvalue weighted by Gasteiger charge is -2.16. The van der Waals surface area contributed by atoms with E-state index in [9.17, 15) is 50.0 Å². The van der Waals surface area contributed by atoms with Gasteiger partial charge in [-0.05, 0) is 24.3 Å². The summed E-state index contributed by atoms with van der Waals surface area (Å²) in [4.78, 5) is 80.8. The van der Waals surface area contributed by atoms with Crippen molar-refractivity contribution in [2.75, 3.05) is 23.8 Å². The molecule has 9 rings (SSSR count). The number of nitro groups is 4. The number of aromatic nitrogens is 2. The van der Waals surface area contributed by atoms with Crippen LogP contribution in [0.4, 0.5) is 34.1 Å². The third-order valence-electron chi connectivity index (χ3n) is 10.0. The lowest BCUT2D eigenvalue weighted by Crippen LogP contribution is -2.20. The second kappa shape index (κ2) is 18.8. The number of nitrogens with zero attached hydrogens (tertiary/aromatic N) is 6. The molecule has 0 saturated heterocycles. The first-order valence-electron chi connectivity index (χ1n) is 20.2. The molecular weight excluding hydrogens is 921 g/mol. The summed E-state index contributed by atoms with van der Waals surface area (Å²) in [7, 11) is 0. The highest BCUT2D eigenvalue weighted by molar-refractivity contribution is 6.01. The van der Waals surface area contributed by atoms with Gasteiger partial charge in [0.15, 0.2) is 13.2 Å². The average Bonchev–Trinajstić information content (AvgIpc) is 3.32. The Labute approximate surface area is 390 Å². The van der Waals surface area contributed by atoms with E-state index in [-0.39, 0.29) is 34.5 Å². The van der Waals surface area contributed by atoms with Crippen LogP contribution >= 0.6 is 0 Å². The zero-order valence-electron chi connectivity index (χ0n) is 35.3. The monoisotopic (exact) mass is 948 g/mol. The summed E-state index contributed by atoms with van der Waals surface area (Å²) in [5.41, 5.74) is -1.96. The molecule has 0 spiro atoms. The SMILES string of the molecule is O=C(COc1cc2cc(c1)Oc1cc(c([N+](=O)[O-])cc1[N+](=O)[O-])Oc1cc(OCC(=O)Nc3cccc4cccnc34)cc(c1)Oc1cc(c([N+](=O)[O-])cc1[N+](=O)[O-])O2)Nc1cccc2cccnc12. The normalized spacial score (nSPS) is 11.4. The minimum absolute atomic E-state index is 0.202. The van der Waals surface area contributed by atoms with Crippen LogP contribution in [0.3, 0.4) is 0 Å². The summed E-state index contributed by atoms with van der Waals surface area (Å²) in [6, 6.07) is 26.9. The second-order valence-corrected chi connectivity index (χ2v) is 14.7. The van der Waals surface area contributed by atoms with E-state index in [1.807, 2.05) is 0 Å². The predicted octanol–water partition coefficient (Wildman–Crippen LogP) is 9.93. The number of hydrogen-bond acceptors (Lipinski definition) is 18. The minimum atomic E-state index is -0.962. The van der Waals surface area contributed by atoms with Crippen molar-refractivity contribution in [3.8, 4) is 57.5 Å². The van der Waals surface area contributed by atoms with Crippen LogP contribution in [0.15, 0.2) is 134 Å². The Kier molecular flexibility index (Phi) is 12.0. The van der Waals surface area contributed by atoms with Crippen molar-refractivity contribution in [1.29, 1.82) is 0 Å². The molecule has 0 radical (unpaired) electrons. The lowest BCUT2D eigenvalue weighted by atomic mass is 10.2. The van der Waals surface area contributed by atoms with Crippen LogP contribution in [-0.2, 0) is 9.59 Å². The number of benzene rings is 6. The molecule has 1 aliphatic rings. The summed E-state index contributed by atoms with van der Waals surface area (Å²) in [6.45, 7) is -1.32. The topological polar surface area (TPSA) is 312 Å². The summed E-state index contributed by atoms with van der Waals surface area (Å²) < 4.78 is 35.3. The van der Waals surface area contributed by atoms with Crippen molar-refractivity contribution in [2.45, 2.75) is 0 Å². The van der Waals surface area contributed by atoms with Gasteiger partial charge < -0.3 is 39.1 Å². The Bertz CT molecular complexity index is 3150. The van der Waals surface area contributed by atoms with E-state index in [4.69, 9.17) is 28.4 Å². The van der Waals surface area contributed by atoms with Crippen molar-refractivity contribution >= 4 is 67.7 Å². The smallest absolute Gasteiger partial charge is 0.318 e. The van der Waals surface area contributed by atoms with Crippen molar-refractivity contribution in [3.05, 3.63) is 174 Å². The molecule has 70 heavy (non-hydrogen) atoms. The van der Waals surface area contributed by atoms with E-state index in [0.29, 0.717) is 34.5 Å². The number of anilines is 2. The highest BCUT2D eigenvalue weighted by Gasteiger charge is 2.31. The van der Waals surface area contributed by atoms with E-state index >= 15 is 0 Å². The third kappa shape index (κ3) is 9.70. The van der Waals surface area contributed by atoms with Crippen LogP contribution in [0, 0.1) is 40.5 Å². The number of rotatable bonds is 12. The van der Waals surface area contributed by atoms with Gasteiger partial charge in [-0.15, -0.1) is 0 Å². The lowest BCUT2D eigenvalue weighted by molar-refractivity contribution is -0.395. The van der Waals surface area contributed by atoms with Crippen LogP contribution in [0.5, 0.6) is 57.5 Å². The van der Waals surface area contributed by atoms with E-state index < -0.39 is 90.5 Å². The maximum absolute atomic E-state index is 13.2. The third-order valence-corrected chi connectivity index (χ3v) is 10.0. The van der Waals surface area contributed by atoms with Crippen molar-refractivity contribution in [1.82, 2.24) is 9.97 Å². The maximum Gasteiger partial charge on any atom is 0.318 e. The Morgan fingerprint density at radius 2 is 0.786 bits per heavy atom. The van der Waals surface area contributed by atoms with Gasteiger partial charge in [0.1, 0.15) is 46.6 Å². The Balaban J connectivity index is 1.11. The van der Waals surface area contributed by atoms with Gasteiger partial charge in [0.2, 0.25) is 23.0 Å². The van der Waals surface area contributed by atoms with Gasteiger partial charge in [-0.1, -0.05) is 36.4 Å². The number of carbonyl (C=O) groups excluding carboxylic acids is 2. The van der Waals surface area contributed by atoms with Crippen molar-refractivity contribution in [3.63, 3.8) is 0 Å². The van der Waals surface area contributed by atoms with Crippen LogP contribution in [-0.4, -0.2) is 54.7 Å². The molecule has 8 aromatic rings. The van der Waals surface area contributed by atoms with E-state index in [2.05, 4.69) is 20.6 Å². The molecule has 24 heteroatoms. The summed E-state index contributed by atoms with van der Waals surface area (Å²) in [6.07, 6.45) is 3.09. The van der Waals surface area contributed by atoms with Gasteiger partial charge >= 0.3 is 22.7 Å². The molecule has 0 saturated carbocycles. The molecule has 0 fully saturated rings. The van der Waals surface area contributed by atoms with E-state index in [1.54, 1.807) is 73.1 Å². The molecule has 24 nitrogen and oxygen atoms in total. The van der Waals surface area contributed by atoms with Crippen LogP contribution < -0.4 is 39.1 Å². The molecule has 2 N–H and O–H groups in total. The van der Waals surface area contributed by atoms with E-state index in [1.165, 1.54) is 0 Å². The first kappa shape index (κ1) is 44.7. The number of carbonyl (C=O) groups is 2. The highest BCUT2D eigenvalue weighted by atomic mass is 16.6. The summed E-state index contributed by atoms with van der Waals surface area (Å²) in [5.74, 6) is -5.60. The number of amides is 2. The molecule has 0 atom stereocenters. The maximum atomic E-state index is 13.2. The molecule has 0 unspecified atom stereocenters. The van der Waals surface area contributed by atoms with Gasteiger partial charge in [-0.25, -0.2) is 0 Å². The molecule has 6 aromatic carbocycles. The van der Waals surface area contributed by atoms with Crippen LogP contribution in [0.1, 0.15) is 0 Å². The van der Waals surface area contributed by atoms with E-state index in [0.717, 1.165) is 59.3 Å². The number of hydrogen-bond donors (Lipinski definition) is 2. The molecular formula is C46H28N8O16. The first-order valence-corrected chi connectivity index (χ1v) is 20.2. The molecule has 0 aliphatic carbocycles. The van der Waals surface area contributed by atoms with Gasteiger partial charge in [-0.2, -0.15) is 0 Å². The zero-order valence-corrected chi connectivity index (χ0v) is 35.3. The van der Waals surface area contributed by atoms with Gasteiger partial charge in [0, 0.05) is 71.7 Å². The van der Waals surface area contributed by atoms with Crippen molar-refractivity contribution in [2.24, 2.45) is 0 Å². The molecule has 1 aliphatic heterocycles. The Morgan fingerprint density at radius 1 is 0.457 bits per heavy atom. The summed E-state index contributed by atoms with van der Waals surface area (Å²) in [5, 5.41) is 56.5. The fourth-order valence-corrected chi connectivity index (χ4v) is 7.06. The van der Waals surface area contributed by atoms with Crippen molar-refractivity contribution < 1.29 is 57.7 Å². The molecule has 2 amide bonds. The van der Waals surface area contributed by atoms with Crippen LogP contribution in [0.2, 0.25) is 0 Å². The minimum Gasteiger partial charge on any atom is -0.483 e. The zero-order chi connectivity index (χ0) is 49.1. The largest absolute Gasteiger partial charge is 0.483 e. The second-order valence-electron chi connectivity index (χ2n) is 14.7. The number of pyridine rings is 2. The Morgan fingerprint density at radius 3 is 1.11 bits per heavy atom. The predicted molar refractivity (Wildman–Crippen MR) is 244 cm³/mol. The highest BCUT2D eigenvalue weighted by Crippen LogP contribution is 2.48. The number of fused-ring (bicyclic) bond motifs is 10. The van der Waals surface area contributed by atoms with Crippen LogP contribution in [0.25, 0.3) is 21.8 Å². The quantitative estimate of drug-likeness (QED) is 0.0849. The Hall–Kier alpha value is -10.5. The fourth-order valence-electron chi connectivity index (χ4n) is 7.06. The summed E-state index contributed by atoms with van der Waals surface area (Å²) >= 11 is 0. The van der Waals surface area contributed by atoms with Gasteiger partial charge in [-0.3, -0.25) is 60.0 Å². The number of para-hydroxylation sites is 2. The molecule has 348 valence electrons. The molecule has 8 bridgehead atoms. The van der Waals surface area contributed by atoms with Gasteiger partial charge in [0.25, 0.3) is 11.8 Å². The van der Waals surface area contributed by atoms with Gasteiger partial charge in [0.05, 0.1) is 42.1 Å².